The van der Waals surface area contributed by atoms with E-state index in [0.29, 0.717) is 37.1 Å². The lowest BCUT2D eigenvalue weighted by atomic mass is 10.1. The highest BCUT2D eigenvalue weighted by molar-refractivity contribution is 14.1. The second kappa shape index (κ2) is 10.2. The van der Waals surface area contributed by atoms with Crippen LogP contribution >= 0.6 is 34.2 Å². The third-order valence-electron chi connectivity index (χ3n) is 5.40. The van der Waals surface area contributed by atoms with E-state index in [4.69, 9.17) is 16.3 Å². The molecule has 2 fully saturated rings. The lowest BCUT2D eigenvalue weighted by molar-refractivity contribution is 0.0101. The van der Waals surface area contributed by atoms with Gasteiger partial charge in [0.1, 0.15) is 22.7 Å². The van der Waals surface area contributed by atoms with E-state index in [0.717, 1.165) is 33.9 Å². The largest absolute Gasteiger partial charge is 0.444 e. The van der Waals surface area contributed by atoms with Gasteiger partial charge in [-0.2, -0.15) is 0 Å². The topological polar surface area (TPSA) is 101 Å². The minimum absolute atomic E-state index is 0.188. The van der Waals surface area contributed by atoms with Gasteiger partial charge < -0.3 is 24.4 Å². The van der Waals surface area contributed by atoms with Crippen molar-refractivity contribution in [2.45, 2.75) is 76.7 Å². The molecule has 2 aromatic rings. The highest BCUT2D eigenvalue weighted by Crippen LogP contribution is 2.35. The molecule has 10 heteroatoms. The number of piperidine rings is 1. The van der Waals surface area contributed by atoms with E-state index >= 15 is 0 Å². The van der Waals surface area contributed by atoms with Gasteiger partial charge in [0.2, 0.25) is 0 Å². The number of carbonyl (C=O) groups excluding carboxylic acids is 1. The van der Waals surface area contributed by atoms with Crippen molar-refractivity contribution in [1.29, 1.82) is 0 Å². The molecule has 2 aliphatic rings. The fourth-order valence-corrected chi connectivity index (χ4v) is 5.03. The van der Waals surface area contributed by atoms with Crippen molar-refractivity contribution in [3.05, 3.63) is 21.2 Å². The molecule has 2 N–H and O–H groups in total. The molecule has 0 bridgehead atoms. The van der Waals surface area contributed by atoms with Gasteiger partial charge in [-0.05, 0) is 75.5 Å². The van der Waals surface area contributed by atoms with Gasteiger partial charge in [0, 0.05) is 28.9 Å². The molecular formula is C21H30ClIN4O4. The van der Waals surface area contributed by atoms with Gasteiger partial charge in [0.15, 0.2) is 0 Å². The monoisotopic (exact) mass is 564 g/mol. The maximum atomic E-state index is 11.5. The normalized spacial score (nSPS) is 22.4. The summed E-state index contributed by atoms with van der Waals surface area (Å²) >= 11 is 8.34. The van der Waals surface area contributed by atoms with Crippen molar-refractivity contribution in [1.82, 2.24) is 19.4 Å². The van der Waals surface area contributed by atoms with Gasteiger partial charge in [-0.1, -0.05) is 11.6 Å². The van der Waals surface area contributed by atoms with E-state index in [2.05, 4.69) is 43.3 Å². The number of nitrogens with zero attached hydrogens (tertiary/aromatic N) is 4. The molecule has 4 rings (SSSR count). The first-order valence-corrected chi connectivity index (χ1v) is 12.0. The average molecular weight is 565 g/mol. The number of aromatic nitrogens is 3. The third kappa shape index (κ3) is 6.43. The molecule has 2 unspecified atom stereocenters. The molecule has 0 spiro atoms. The predicted molar refractivity (Wildman–Crippen MR) is 127 cm³/mol. The number of rotatable bonds is 1. The van der Waals surface area contributed by atoms with Crippen LogP contribution in [0.1, 0.15) is 58.9 Å². The number of hydrogen-bond acceptors (Lipinski definition) is 6. The van der Waals surface area contributed by atoms with E-state index in [1.807, 2.05) is 20.8 Å². The predicted octanol–water partition coefficient (Wildman–Crippen LogP) is 4.15. The first-order valence-electron chi connectivity index (χ1n) is 10.6. The summed E-state index contributed by atoms with van der Waals surface area (Å²) in [5, 5.41) is 20.3. The minimum atomic E-state index is -0.437. The molecule has 1 aliphatic carbocycles. The van der Waals surface area contributed by atoms with E-state index in [9.17, 15) is 15.0 Å². The van der Waals surface area contributed by atoms with Crippen molar-refractivity contribution in [3.63, 3.8) is 0 Å². The minimum Gasteiger partial charge on any atom is -0.444 e. The molecule has 0 aromatic carbocycles. The molecule has 1 amide bonds. The molecule has 1 saturated heterocycles. The zero-order valence-corrected chi connectivity index (χ0v) is 21.0. The van der Waals surface area contributed by atoms with Gasteiger partial charge in [0.05, 0.1) is 17.6 Å². The van der Waals surface area contributed by atoms with Crippen LogP contribution in [-0.2, 0) is 4.74 Å². The van der Waals surface area contributed by atoms with Crippen LogP contribution < -0.4 is 0 Å². The molecule has 1 aliphatic heterocycles. The average Bonchev–Trinajstić information content (AvgIpc) is 3.25. The van der Waals surface area contributed by atoms with E-state index < -0.39 is 5.60 Å². The number of aliphatic hydroxyl groups excluding tert-OH is 2. The van der Waals surface area contributed by atoms with Crippen molar-refractivity contribution in [2.75, 3.05) is 13.1 Å². The van der Waals surface area contributed by atoms with Crippen LogP contribution in [0.3, 0.4) is 0 Å². The van der Waals surface area contributed by atoms with Crippen LogP contribution in [-0.4, -0.2) is 66.6 Å². The zero-order valence-electron chi connectivity index (χ0n) is 18.1. The van der Waals surface area contributed by atoms with Crippen molar-refractivity contribution < 1.29 is 19.7 Å². The standard InChI is InChI=1S/C11H11ClIN3O.C10H19NO3/c12-10-9-8(13)4-16(11(9)15-5-14-10)6-1-2-7(17)3-6;1-10(2,3)14-9(13)11-6-4-8(12)5-7-11/h4-7,17H,1-3H2;8,12H,4-7H2,1-3H3. The molecule has 31 heavy (non-hydrogen) atoms. The highest BCUT2D eigenvalue weighted by Gasteiger charge is 2.27. The van der Waals surface area contributed by atoms with E-state index in [1.54, 1.807) is 4.90 Å². The molecule has 1 saturated carbocycles. The summed E-state index contributed by atoms with van der Waals surface area (Å²) in [6.45, 7) is 6.74. The number of carbonyl (C=O) groups is 1. The first-order chi connectivity index (χ1) is 14.5. The SMILES string of the molecule is CC(C)(C)OC(=O)N1CCC(O)CC1.OC1CCC(n2cc(I)c3c(Cl)ncnc32)C1. The number of fused-ring (bicyclic) bond motifs is 1. The molecule has 2 aromatic heterocycles. The summed E-state index contributed by atoms with van der Waals surface area (Å²) in [5.74, 6) is 0. The number of halogens is 2. The van der Waals surface area contributed by atoms with Gasteiger partial charge >= 0.3 is 6.09 Å². The zero-order chi connectivity index (χ0) is 22.8. The van der Waals surface area contributed by atoms with Crippen LogP contribution in [0.25, 0.3) is 11.0 Å². The van der Waals surface area contributed by atoms with Gasteiger partial charge in [-0.15, -0.1) is 0 Å². The Balaban J connectivity index is 0.000000180. The van der Waals surface area contributed by atoms with Crippen LogP contribution in [0.5, 0.6) is 0 Å². The maximum absolute atomic E-state index is 11.5. The molecule has 172 valence electrons. The van der Waals surface area contributed by atoms with Crippen LogP contribution in [0.4, 0.5) is 4.79 Å². The number of likely N-dealkylation sites (tertiary alicyclic amines) is 1. The van der Waals surface area contributed by atoms with Crippen molar-refractivity contribution >= 4 is 51.3 Å². The number of hydrogen-bond donors (Lipinski definition) is 2. The summed E-state index contributed by atoms with van der Waals surface area (Å²) < 4.78 is 8.40. The van der Waals surface area contributed by atoms with Crippen LogP contribution in [0, 0.1) is 3.57 Å². The van der Waals surface area contributed by atoms with Crippen molar-refractivity contribution in [3.8, 4) is 0 Å². The Morgan fingerprint density at radius 1 is 1.16 bits per heavy atom. The summed E-state index contributed by atoms with van der Waals surface area (Å²) in [6, 6.07) is 0.321. The maximum Gasteiger partial charge on any atom is 0.410 e. The molecule has 2 atom stereocenters. The summed E-state index contributed by atoms with van der Waals surface area (Å²) in [6.07, 6.45) is 6.77. The third-order valence-corrected chi connectivity index (χ3v) is 6.51. The Bertz CT molecular complexity index is 909. The fraction of sp³-hybridized carbons (Fsp3) is 0.667. The lowest BCUT2D eigenvalue weighted by Gasteiger charge is -2.31. The number of aliphatic hydroxyl groups is 2. The fourth-order valence-electron chi connectivity index (χ4n) is 3.84. The number of ether oxygens (including phenoxy) is 1. The van der Waals surface area contributed by atoms with Gasteiger partial charge in [-0.25, -0.2) is 14.8 Å². The second-order valence-corrected chi connectivity index (χ2v) is 10.6. The van der Waals surface area contributed by atoms with E-state index in [-0.39, 0.29) is 18.3 Å². The summed E-state index contributed by atoms with van der Waals surface area (Å²) in [7, 11) is 0. The summed E-state index contributed by atoms with van der Waals surface area (Å²) in [4.78, 5) is 21.5. The Morgan fingerprint density at radius 3 is 2.42 bits per heavy atom. The van der Waals surface area contributed by atoms with E-state index in [1.165, 1.54) is 6.33 Å². The van der Waals surface area contributed by atoms with Gasteiger partial charge in [-0.3, -0.25) is 0 Å². The molecule has 3 heterocycles. The summed E-state index contributed by atoms with van der Waals surface area (Å²) in [5.41, 5.74) is 0.432. The van der Waals surface area contributed by atoms with Crippen LogP contribution in [0.15, 0.2) is 12.5 Å². The lowest BCUT2D eigenvalue weighted by Crippen LogP contribution is -2.42. The molecular weight excluding hydrogens is 535 g/mol. The highest BCUT2D eigenvalue weighted by atomic mass is 127. The Morgan fingerprint density at radius 2 is 1.84 bits per heavy atom. The number of amides is 1. The first kappa shape index (κ1) is 24.5. The molecule has 0 radical (unpaired) electrons. The molecule has 8 nitrogen and oxygen atoms in total. The smallest absolute Gasteiger partial charge is 0.410 e. The quantitative estimate of drug-likeness (QED) is 0.399. The Hall–Kier alpha value is -1.17. The van der Waals surface area contributed by atoms with Gasteiger partial charge in [0.25, 0.3) is 0 Å². The Labute approximate surface area is 201 Å². The van der Waals surface area contributed by atoms with Crippen LogP contribution in [0.2, 0.25) is 5.15 Å². The Kier molecular flexibility index (Phi) is 8.04. The van der Waals surface area contributed by atoms with Crippen molar-refractivity contribution in [2.24, 2.45) is 0 Å². The second-order valence-electron chi connectivity index (χ2n) is 9.07.